The number of pyridine rings is 1. The lowest BCUT2D eigenvalue weighted by Gasteiger charge is -2.05. The van der Waals surface area contributed by atoms with Crippen LogP contribution < -0.4 is 10.5 Å². The van der Waals surface area contributed by atoms with Crippen LogP contribution in [-0.2, 0) is 13.2 Å². The van der Waals surface area contributed by atoms with Gasteiger partial charge in [0, 0.05) is 12.7 Å². The number of hydrogen-bond donors (Lipinski definition) is 1. The third-order valence-corrected chi connectivity index (χ3v) is 2.29. The lowest BCUT2D eigenvalue weighted by Crippen LogP contribution is -2.04. The van der Waals surface area contributed by atoms with Crippen molar-refractivity contribution in [1.82, 2.24) is 14.8 Å². The summed E-state index contributed by atoms with van der Waals surface area (Å²) < 4.78 is 7.27. The highest BCUT2D eigenvalue weighted by Crippen LogP contribution is 2.14. The van der Waals surface area contributed by atoms with Crippen LogP contribution in [0, 0.1) is 0 Å². The van der Waals surface area contributed by atoms with Crippen LogP contribution in [0.5, 0.6) is 5.75 Å². The first-order valence-electron chi connectivity index (χ1n) is 5.14. The second kappa shape index (κ2) is 4.65. The van der Waals surface area contributed by atoms with Crippen LogP contribution in [0.4, 0.5) is 5.82 Å². The average molecular weight is 218 g/mol. The van der Waals surface area contributed by atoms with E-state index in [1.807, 2.05) is 19.1 Å². The van der Waals surface area contributed by atoms with Gasteiger partial charge in [-0.3, -0.25) is 9.67 Å². The van der Waals surface area contributed by atoms with Crippen molar-refractivity contribution in [3.63, 3.8) is 0 Å². The van der Waals surface area contributed by atoms with E-state index in [4.69, 9.17) is 10.5 Å². The van der Waals surface area contributed by atoms with Crippen LogP contribution in [0.15, 0.2) is 30.7 Å². The topological polar surface area (TPSA) is 66.0 Å². The third-order valence-electron chi connectivity index (χ3n) is 2.29. The fraction of sp³-hybridized carbons (Fsp3) is 0.273. The van der Waals surface area contributed by atoms with Crippen molar-refractivity contribution < 1.29 is 4.74 Å². The minimum absolute atomic E-state index is 0.414. The highest BCUT2D eigenvalue weighted by Gasteiger charge is 2.06. The minimum Gasteiger partial charge on any atom is -0.487 e. The number of hydrogen-bond acceptors (Lipinski definition) is 4. The van der Waals surface area contributed by atoms with Gasteiger partial charge in [-0.05, 0) is 19.1 Å². The highest BCUT2D eigenvalue weighted by molar-refractivity contribution is 5.38. The summed E-state index contributed by atoms with van der Waals surface area (Å²) in [7, 11) is 0. The predicted octanol–water partition coefficient (Wildman–Crippen LogP) is 1.46. The molecule has 0 aliphatic rings. The molecular formula is C11H14N4O. The van der Waals surface area contributed by atoms with E-state index < -0.39 is 0 Å². The van der Waals surface area contributed by atoms with Crippen LogP contribution in [0.2, 0.25) is 0 Å². The Balaban J connectivity index is 2.02. The maximum Gasteiger partial charge on any atom is 0.138 e. The Kier molecular flexibility index (Phi) is 3.05. The van der Waals surface area contributed by atoms with Crippen molar-refractivity contribution in [3.05, 3.63) is 36.3 Å². The van der Waals surface area contributed by atoms with E-state index in [1.54, 1.807) is 23.3 Å². The van der Waals surface area contributed by atoms with Gasteiger partial charge in [0.05, 0.1) is 18.0 Å². The monoisotopic (exact) mass is 218 g/mol. The van der Waals surface area contributed by atoms with Crippen LogP contribution in [0.25, 0.3) is 0 Å². The molecule has 0 fully saturated rings. The molecule has 0 atom stereocenters. The fourth-order valence-corrected chi connectivity index (χ4v) is 1.39. The number of aromatic nitrogens is 3. The van der Waals surface area contributed by atoms with E-state index in [1.165, 1.54) is 0 Å². The van der Waals surface area contributed by atoms with Gasteiger partial charge in [-0.15, -0.1) is 0 Å². The Bertz CT molecular complexity index is 452. The Morgan fingerprint density at radius 1 is 1.44 bits per heavy atom. The summed E-state index contributed by atoms with van der Waals surface area (Å²) in [6, 6.07) is 3.68. The molecule has 0 aliphatic carbocycles. The number of aryl methyl sites for hydroxylation is 1. The lowest BCUT2D eigenvalue weighted by molar-refractivity contribution is 0.305. The van der Waals surface area contributed by atoms with Crippen molar-refractivity contribution in [1.29, 1.82) is 0 Å². The van der Waals surface area contributed by atoms with E-state index in [2.05, 4.69) is 10.1 Å². The third kappa shape index (κ3) is 2.13. The first kappa shape index (κ1) is 10.5. The summed E-state index contributed by atoms with van der Waals surface area (Å²) in [5.74, 6) is 1.39. The van der Waals surface area contributed by atoms with E-state index in [-0.39, 0.29) is 0 Å². The Morgan fingerprint density at radius 3 is 2.94 bits per heavy atom. The molecule has 0 radical (unpaired) electrons. The largest absolute Gasteiger partial charge is 0.487 e. The van der Waals surface area contributed by atoms with Crippen molar-refractivity contribution in [2.75, 3.05) is 5.73 Å². The molecule has 0 bridgehead atoms. The first-order chi connectivity index (χ1) is 7.81. The zero-order valence-electron chi connectivity index (χ0n) is 9.13. The molecule has 0 saturated carbocycles. The number of nitrogens with two attached hydrogens (primary N) is 1. The molecule has 2 rings (SSSR count). The zero-order chi connectivity index (χ0) is 11.4. The number of nitrogen functional groups attached to an aromatic ring is 1. The Labute approximate surface area is 93.9 Å². The SMILES string of the molecule is CCn1ncc(COc2cccnc2)c1N. The molecular weight excluding hydrogens is 204 g/mol. The van der Waals surface area contributed by atoms with Crippen molar-refractivity contribution in [2.24, 2.45) is 0 Å². The molecule has 5 heteroatoms. The van der Waals surface area contributed by atoms with Gasteiger partial charge in [0.2, 0.25) is 0 Å². The highest BCUT2D eigenvalue weighted by atomic mass is 16.5. The van der Waals surface area contributed by atoms with Crippen LogP contribution in [0.1, 0.15) is 12.5 Å². The maximum atomic E-state index is 5.88. The summed E-state index contributed by atoms with van der Waals surface area (Å²) in [4.78, 5) is 3.96. The van der Waals surface area contributed by atoms with Crippen LogP contribution in [-0.4, -0.2) is 14.8 Å². The minimum atomic E-state index is 0.414. The summed E-state index contributed by atoms with van der Waals surface area (Å²) in [6.45, 7) is 3.17. The standard InChI is InChI=1S/C11H14N4O/c1-2-15-11(12)9(6-14-15)8-16-10-4-3-5-13-7-10/h3-7H,2,8,12H2,1H3. The average Bonchev–Trinajstić information content (AvgIpc) is 2.69. The summed E-state index contributed by atoms with van der Waals surface area (Å²) in [5.41, 5.74) is 6.78. The second-order valence-electron chi connectivity index (χ2n) is 3.35. The molecule has 0 spiro atoms. The van der Waals surface area contributed by atoms with Gasteiger partial charge in [-0.2, -0.15) is 5.10 Å². The van der Waals surface area contributed by atoms with Crippen molar-refractivity contribution >= 4 is 5.82 Å². The summed E-state index contributed by atoms with van der Waals surface area (Å²) in [5, 5.41) is 4.14. The molecule has 0 amide bonds. The predicted molar refractivity (Wildman–Crippen MR) is 60.9 cm³/mol. The molecule has 2 heterocycles. The fourth-order valence-electron chi connectivity index (χ4n) is 1.39. The molecule has 16 heavy (non-hydrogen) atoms. The molecule has 2 N–H and O–H groups in total. The zero-order valence-corrected chi connectivity index (χ0v) is 9.13. The molecule has 5 nitrogen and oxygen atoms in total. The summed E-state index contributed by atoms with van der Waals surface area (Å²) in [6.07, 6.45) is 5.10. The van der Waals surface area contributed by atoms with E-state index in [0.717, 1.165) is 17.9 Å². The smallest absolute Gasteiger partial charge is 0.138 e. The van der Waals surface area contributed by atoms with Gasteiger partial charge in [0.1, 0.15) is 18.2 Å². The molecule has 0 aliphatic heterocycles. The number of rotatable bonds is 4. The number of anilines is 1. The first-order valence-corrected chi connectivity index (χ1v) is 5.14. The van der Waals surface area contributed by atoms with Crippen LogP contribution in [0.3, 0.4) is 0 Å². The Hall–Kier alpha value is -2.04. The van der Waals surface area contributed by atoms with Gasteiger partial charge in [-0.25, -0.2) is 0 Å². The van der Waals surface area contributed by atoms with E-state index in [0.29, 0.717) is 12.4 Å². The number of ether oxygens (including phenoxy) is 1. The molecule has 0 unspecified atom stereocenters. The maximum absolute atomic E-state index is 5.88. The number of nitrogens with zero attached hydrogens (tertiary/aromatic N) is 3. The van der Waals surface area contributed by atoms with E-state index in [9.17, 15) is 0 Å². The Morgan fingerprint density at radius 2 is 2.31 bits per heavy atom. The quantitative estimate of drug-likeness (QED) is 0.843. The van der Waals surface area contributed by atoms with Gasteiger partial charge in [0.15, 0.2) is 0 Å². The normalized spacial score (nSPS) is 10.3. The molecule has 0 saturated heterocycles. The van der Waals surface area contributed by atoms with Gasteiger partial charge >= 0.3 is 0 Å². The van der Waals surface area contributed by atoms with Crippen molar-refractivity contribution in [2.45, 2.75) is 20.1 Å². The van der Waals surface area contributed by atoms with Gasteiger partial charge < -0.3 is 10.5 Å². The van der Waals surface area contributed by atoms with Gasteiger partial charge in [0.25, 0.3) is 0 Å². The van der Waals surface area contributed by atoms with Crippen LogP contribution >= 0.6 is 0 Å². The lowest BCUT2D eigenvalue weighted by atomic mass is 10.3. The molecule has 84 valence electrons. The van der Waals surface area contributed by atoms with Gasteiger partial charge in [-0.1, -0.05) is 0 Å². The molecule has 0 aromatic carbocycles. The van der Waals surface area contributed by atoms with Crippen molar-refractivity contribution in [3.8, 4) is 5.75 Å². The molecule has 2 aromatic rings. The van der Waals surface area contributed by atoms with E-state index >= 15 is 0 Å². The summed E-state index contributed by atoms with van der Waals surface area (Å²) >= 11 is 0. The molecule has 2 aromatic heterocycles. The second-order valence-corrected chi connectivity index (χ2v) is 3.35.